The lowest BCUT2D eigenvalue weighted by atomic mass is 9.81. The largest absolute Gasteiger partial charge is 0.465 e. The molecule has 10 nitrogen and oxygen atoms in total. The van der Waals surface area contributed by atoms with Crippen molar-refractivity contribution in [2.75, 3.05) is 39.4 Å². The number of carboxylic acid groups (broad SMARTS) is 1. The molecule has 0 bridgehead atoms. The van der Waals surface area contributed by atoms with Crippen LogP contribution in [0.4, 0.5) is 4.79 Å². The van der Waals surface area contributed by atoms with Crippen molar-refractivity contribution in [1.82, 2.24) is 19.6 Å². The molecule has 0 aromatic heterocycles. The van der Waals surface area contributed by atoms with Crippen molar-refractivity contribution in [3.63, 3.8) is 0 Å². The number of aliphatic imine (C=N–C) groups is 1. The van der Waals surface area contributed by atoms with Gasteiger partial charge in [-0.2, -0.15) is 0 Å². The van der Waals surface area contributed by atoms with Crippen LogP contribution < -0.4 is 0 Å². The van der Waals surface area contributed by atoms with E-state index in [0.717, 1.165) is 39.1 Å². The van der Waals surface area contributed by atoms with Crippen LogP contribution in [0.5, 0.6) is 0 Å². The molecule has 4 aromatic rings. The van der Waals surface area contributed by atoms with Gasteiger partial charge in [0.15, 0.2) is 5.17 Å². The highest BCUT2D eigenvalue weighted by molar-refractivity contribution is 8.18. The Morgan fingerprint density at radius 1 is 0.898 bits per heavy atom. The van der Waals surface area contributed by atoms with Crippen LogP contribution in [0.2, 0.25) is 10.0 Å². The first kappa shape index (κ1) is 39.6. The Morgan fingerprint density at radius 3 is 2.08 bits per heavy atom. The molecule has 4 aromatic carbocycles. The van der Waals surface area contributed by atoms with Crippen molar-refractivity contribution < 1.29 is 24.2 Å². The van der Waals surface area contributed by atoms with E-state index >= 15 is 4.79 Å². The average Bonchev–Trinajstić information content (AvgIpc) is 3.99. The van der Waals surface area contributed by atoms with Gasteiger partial charge in [-0.05, 0) is 88.7 Å². The Hall–Kier alpha value is -4.81. The second-order valence-corrected chi connectivity index (χ2v) is 18.2. The predicted octanol–water partition coefficient (Wildman–Crippen LogP) is 8.86. The van der Waals surface area contributed by atoms with Crippen LogP contribution in [0.3, 0.4) is 0 Å². The fourth-order valence-electron chi connectivity index (χ4n) is 9.72. The van der Waals surface area contributed by atoms with E-state index in [1.807, 2.05) is 72.8 Å². The zero-order valence-corrected chi connectivity index (χ0v) is 35.4. The number of fused-ring (bicyclic) bond motifs is 4. The Bertz CT molecular complexity index is 2340. The molecule has 59 heavy (non-hydrogen) atoms. The summed E-state index contributed by atoms with van der Waals surface area (Å²) in [7, 11) is 0. The minimum Gasteiger partial charge on any atom is -0.465 e. The maximum atomic E-state index is 15.3. The minimum absolute atomic E-state index is 0.0763. The fourth-order valence-corrected chi connectivity index (χ4v) is 11.3. The van der Waals surface area contributed by atoms with Crippen molar-refractivity contribution >= 4 is 58.0 Å². The zero-order valence-electron chi connectivity index (χ0n) is 33.1. The lowest BCUT2D eigenvalue weighted by Gasteiger charge is -2.37. The van der Waals surface area contributed by atoms with Gasteiger partial charge >= 0.3 is 6.09 Å². The monoisotopic (exact) mass is 849 g/mol. The van der Waals surface area contributed by atoms with E-state index in [0.29, 0.717) is 46.4 Å². The summed E-state index contributed by atoms with van der Waals surface area (Å²) in [4.78, 5) is 56.1. The number of ether oxygens (including phenoxy) is 1. The summed E-state index contributed by atoms with van der Waals surface area (Å²) < 4.78 is 5.58. The standard InChI is InChI=1S/C46H45Cl2N5O5S/c1-27(2)39-40(59-44-49-46(3,29-14-18-31(48)19-15-29)41(53(39)44)28-12-16-30(47)17-13-28)43(55)52-25-32(24-38(52)42(54)50-20-22-58-23-21-50)51(45(56)57)26-37-35-10-6-4-8-33(35)34-9-5-7-11-36(34)37/h4-19,27,32,37-38,41H,20-26H2,1-3H3,(H,56,57)/t32-,38-,41+,46-/m0/s1. The Labute approximate surface area is 358 Å². The number of allylic oxidation sites excluding steroid dienone is 1. The van der Waals surface area contributed by atoms with Gasteiger partial charge in [0.1, 0.15) is 16.5 Å². The molecule has 1 N–H and O–H groups in total. The second-order valence-electron chi connectivity index (χ2n) is 16.3. The number of morpholine rings is 1. The molecule has 1 aliphatic carbocycles. The third-order valence-corrected chi connectivity index (χ3v) is 14.1. The summed E-state index contributed by atoms with van der Waals surface area (Å²) in [5.41, 5.74) is 6.36. The summed E-state index contributed by atoms with van der Waals surface area (Å²) in [6.07, 6.45) is -0.894. The molecule has 3 amide bonds. The molecular weight excluding hydrogens is 806 g/mol. The first-order valence-corrected chi connectivity index (χ1v) is 21.7. The number of hydrogen-bond donors (Lipinski definition) is 1. The quantitative estimate of drug-likeness (QED) is 0.189. The van der Waals surface area contributed by atoms with E-state index < -0.39 is 23.7 Å². The van der Waals surface area contributed by atoms with Crippen LogP contribution in [0.15, 0.2) is 113 Å². The van der Waals surface area contributed by atoms with Gasteiger partial charge in [0.25, 0.3) is 5.91 Å². The molecule has 5 aliphatic rings. The predicted molar refractivity (Wildman–Crippen MR) is 231 cm³/mol. The molecule has 9 rings (SSSR count). The van der Waals surface area contributed by atoms with E-state index in [1.54, 1.807) is 9.80 Å². The summed E-state index contributed by atoms with van der Waals surface area (Å²) in [6, 6.07) is 29.9. The molecule has 4 atom stereocenters. The maximum absolute atomic E-state index is 15.3. The SMILES string of the molecule is CC(C)C1=C(C(=O)N2C[C@@H](N(CC3c4ccccc4-c4ccccc43)C(=O)O)C[C@H]2C(=O)N2CCOCC2)SC2=N[C@@](C)(c3ccc(Cl)cc3)[C@@H](c3ccc(Cl)cc3)N21. The maximum Gasteiger partial charge on any atom is 0.407 e. The van der Waals surface area contributed by atoms with Crippen molar-refractivity contribution in [1.29, 1.82) is 0 Å². The van der Waals surface area contributed by atoms with Crippen molar-refractivity contribution in [2.24, 2.45) is 10.9 Å². The Balaban J connectivity index is 1.09. The normalized spacial score (nSPS) is 23.7. The molecule has 2 fully saturated rings. The molecule has 0 saturated carbocycles. The number of thioether (sulfide) groups is 1. The van der Waals surface area contributed by atoms with Gasteiger partial charge in [0, 0.05) is 47.8 Å². The van der Waals surface area contributed by atoms with Crippen LogP contribution in [0.1, 0.15) is 61.4 Å². The highest BCUT2D eigenvalue weighted by Gasteiger charge is 2.55. The van der Waals surface area contributed by atoms with Gasteiger partial charge < -0.3 is 29.4 Å². The average molecular weight is 851 g/mol. The number of hydrogen-bond acceptors (Lipinski definition) is 7. The van der Waals surface area contributed by atoms with Gasteiger partial charge in [0.2, 0.25) is 5.91 Å². The molecule has 2 saturated heterocycles. The first-order valence-electron chi connectivity index (χ1n) is 20.1. The van der Waals surface area contributed by atoms with Gasteiger partial charge in [-0.25, -0.2) is 9.79 Å². The van der Waals surface area contributed by atoms with E-state index in [2.05, 4.69) is 49.9 Å². The van der Waals surface area contributed by atoms with E-state index in [-0.39, 0.29) is 49.2 Å². The number of amides is 3. The molecule has 304 valence electrons. The first-order chi connectivity index (χ1) is 28.4. The molecule has 4 aliphatic heterocycles. The van der Waals surface area contributed by atoms with Crippen LogP contribution in [0, 0.1) is 5.92 Å². The fraction of sp³-hybridized carbons (Fsp3) is 0.348. The van der Waals surface area contributed by atoms with Gasteiger partial charge in [-0.1, -0.05) is 110 Å². The third-order valence-electron chi connectivity index (χ3n) is 12.5. The number of carbonyl (C=O) groups excluding carboxylic acids is 2. The second kappa shape index (κ2) is 15.7. The molecule has 0 spiro atoms. The topological polar surface area (TPSA) is 106 Å². The summed E-state index contributed by atoms with van der Waals surface area (Å²) in [5.74, 6) is -0.786. The van der Waals surface area contributed by atoms with E-state index in [9.17, 15) is 14.7 Å². The Kier molecular flexibility index (Phi) is 10.5. The number of likely N-dealkylation sites (tertiary alicyclic amines) is 1. The van der Waals surface area contributed by atoms with Crippen LogP contribution in [-0.2, 0) is 19.9 Å². The van der Waals surface area contributed by atoms with Gasteiger partial charge in [-0.15, -0.1) is 0 Å². The summed E-state index contributed by atoms with van der Waals surface area (Å²) in [5, 5.41) is 12.8. The minimum atomic E-state index is -1.08. The molecular formula is C46H45Cl2N5O5S. The molecule has 13 heteroatoms. The third kappa shape index (κ3) is 6.89. The van der Waals surface area contributed by atoms with Crippen LogP contribution in [0.25, 0.3) is 11.1 Å². The van der Waals surface area contributed by atoms with Crippen LogP contribution in [-0.4, -0.2) is 99.3 Å². The lowest BCUT2D eigenvalue weighted by molar-refractivity contribution is -0.144. The molecule has 0 unspecified atom stereocenters. The number of halogens is 2. The summed E-state index contributed by atoms with van der Waals surface area (Å²) >= 11 is 14.1. The van der Waals surface area contributed by atoms with Gasteiger partial charge in [0.05, 0.1) is 25.3 Å². The number of carbonyl (C=O) groups is 3. The van der Waals surface area contributed by atoms with Crippen LogP contribution >= 0.6 is 35.0 Å². The van der Waals surface area contributed by atoms with E-state index in [1.165, 1.54) is 16.7 Å². The number of amidine groups is 1. The molecule has 0 radical (unpaired) electrons. The number of benzene rings is 4. The van der Waals surface area contributed by atoms with Crippen molar-refractivity contribution in [3.05, 3.63) is 140 Å². The van der Waals surface area contributed by atoms with Gasteiger partial charge in [-0.3, -0.25) is 9.59 Å². The smallest absolute Gasteiger partial charge is 0.407 e. The molecule has 4 heterocycles. The van der Waals surface area contributed by atoms with Crippen molar-refractivity contribution in [3.8, 4) is 11.1 Å². The highest BCUT2D eigenvalue weighted by Crippen LogP contribution is 2.56. The summed E-state index contributed by atoms with van der Waals surface area (Å²) in [6.45, 7) is 8.13. The lowest BCUT2D eigenvalue weighted by Crippen LogP contribution is -2.51. The number of nitrogens with zero attached hydrogens (tertiary/aromatic N) is 5. The highest BCUT2D eigenvalue weighted by atomic mass is 35.5. The number of rotatable bonds is 8. The van der Waals surface area contributed by atoms with E-state index in [4.69, 9.17) is 32.9 Å². The zero-order chi connectivity index (χ0) is 41.2. The Morgan fingerprint density at radius 2 is 1.49 bits per heavy atom. The van der Waals surface area contributed by atoms with Crippen molar-refractivity contribution in [2.45, 2.75) is 56.8 Å².